The van der Waals surface area contributed by atoms with Crippen molar-refractivity contribution in [1.29, 1.82) is 0 Å². The van der Waals surface area contributed by atoms with Gasteiger partial charge in [-0.2, -0.15) is 0 Å². The summed E-state index contributed by atoms with van der Waals surface area (Å²) < 4.78 is 7.26. The van der Waals surface area contributed by atoms with Crippen molar-refractivity contribution in [2.45, 2.75) is 31.5 Å². The normalized spacial score (nSPS) is 11.1. The average molecular weight is 329 g/mol. The fourth-order valence-electron chi connectivity index (χ4n) is 2.65. The van der Waals surface area contributed by atoms with Crippen LogP contribution >= 0.6 is 11.8 Å². The molecule has 2 aromatic heterocycles. The van der Waals surface area contributed by atoms with E-state index in [2.05, 4.69) is 9.97 Å². The number of thioether (sulfide) groups is 1. The zero-order valence-electron chi connectivity index (χ0n) is 13.4. The van der Waals surface area contributed by atoms with Gasteiger partial charge in [0.05, 0.1) is 23.8 Å². The summed E-state index contributed by atoms with van der Waals surface area (Å²) in [7, 11) is 1.68. The first-order valence-electron chi connectivity index (χ1n) is 7.33. The smallest absolute Gasteiger partial charge is 0.171 e. The molecule has 0 amide bonds. The molecular weight excluding hydrogens is 310 g/mol. The number of hydrogen-bond donors (Lipinski definition) is 1. The van der Waals surface area contributed by atoms with Crippen LogP contribution < -0.4 is 4.74 Å². The van der Waals surface area contributed by atoms with Gasteiger partial charge >= 0.3 is 0 Å². The minimum Gasteiger partial charge on any atom is -0.496 e. The van der Waals surface area contributed by atoms with Crippen molar-refractivity contribution in [2.24, 2.45) is 0 Å². The van der Waals surface area contributed by atoms with E-state index < -0.39 is 0 Å². The summed E-state index contributed by atoms with van der Waals surface area (Å²) in [5, 5.41) is 10.4. The van der Waals surface area contributed by atoms with Crippen molar-refractivity contribution in [3.8, 4) is 5.75 Å². The lowest BCUT2D eigenvalue weighted by atomic mass is 10.1. The minimum atomic E-state index is -0.0908. The molecule has 0 aliphatic heterocycles. The highest BCUT2D eigenvalue weighted by atomic mass is 32.2. The molecule has 23 heavy (non-hydrogen) atoms. The number of rotatable bonds is 5. The number of aliphatic hydroxyl groups is 1. The van der Waals surface area contributed by atoms with Crippen molar-refractivity contribution >= 4 is 22.8 Å². The fourth-order valence-corrected chi connectivity index (χ4v) is 3.68. The molecule has 5 nitrogen and oxygen atoms in total. The first-order valence-corrected chi connectivity index (χ1v) is 8.32. The Morgan fingerprint density at radius 1 is 1.26 bits per heavy atom. The molecular formula is C17H19N3O2S. The number of fused-ring (bicyclic) bond motifs is 1. The number of aromatic nitrogens is 3. The lowest BCUT2D eigenvalue weighted by Crippen LogP contribution is -2.01. The molecule has 0 saturated heterocycles. The topological polar surface area (TPSA) is 60.2 Å². The molecule has 0 bridgehead atoms. The van der Waals surface area contributed by atoms with E-state index in [1.807, 2.05) is 44.3 Å². The second-order valence-electron chi connectivity index (χ2n) is 5.29. The van der Waals surface area contributed by atoms with E-state index in [9.17, 15) is 5.11 Å². The maximum absolute atomic E-state index is 9.65. The van der Waals surface area contributed by atoms with E-state index in [1.54, 1.807) is 23.4 Å². The summed E-state index contributed by atoms with van der Waals surface area (Å²) in [6.45, 7) is 3.91. The Hall–Kier alpha value is -2.05. The number of methoxy groups -OCH3 is 1. The van der Waals surface area contributed by atoms with Gasteiger partial charge in [0.1, 0.15) is 12.5 Å². The Morgan fingerprint density at radius 2 is 2.04 bits per heavy atom. The van der Waals surface area contributed by atoms with E-state index in [0.29, 0.717) is 5.75 Å². The second kappa shape index (κ2) is 6.60. The van der Waals surface area contributed by atoms with Gasteiger partial charge in [0.25, 0.3) is 0 Å². The highest BCUT2D eigenvalue weighted by Crippen LogP contribution is 2.30. The van der Waals surface area contributed by atoms with Crippen molar-refractivity contribution in [3.63, 3.8) is 0 Å². The van der Waals surface area contributed by atoms with E-state index in [4.69, 9.17) is 4.74 Å². The van der Waals surface area contributed by atoms with Crippen molar-refractivity contribution in [3.05, 3.63) is 47.3 Å². The van der Waals surface area contributed by atoms with Crippen LogP contribution in [0.1, 0.15) is 16.8 Å². The zero-order valence-corrected chi connectivity index (χ0v) is 14.2. The molecule has 0 unspecified atom stereocenters. The van der Waals surface area contributed by atoms with Crippen LogP contribution in [-0.2, 0) is 12.5 Å². The van der Waals surface area contributed by atoms with Crippen molar-refractivity contribution < 1.29 is 9.84 Å². The van der Waals surface area contributed by atoms with Crippen LogP contribution in [0.2, 0.25) is 0 Å². The molecule has 3 aromatic rings. The van der Waals surface area contributed by atoms with Crippen LogP contribution in [0.5, 0.6) is 5.75 Å². The number of hydrogen-bond acceptors (Lipinski definition) is 5. The summed E-state index contributed by atoms with van der Waals surface area (Å²) in [6, 6.07) is 7.80. The summed E-state index contributed by atoms with van der Waals surface area (Å²) in [6.07, 6.45) is 1.83. The number of pyridine rings is 1. The number of benzene rings is 1. The number of para-hydroxylation sites is 2. The molecule has 2 heterocycles. The molecule has 0 saturated carbocycles. The van der Waals surface area contributed by atoms with E-state index in [-0.39, 0.29) is 6.73 Å². The van der Waals surface area contributed by atoms with Crippen LogP contribution in [0.15, 0.2) is 35.6 Å². The molecule has 1 aromatic carbocycles. The van der Waals surface area contributed by atoms with Crippen LogP contribution in [0.25, 0.3) is 11.0 Å². The monoisotopic (exact) mass is 329 g/mol. The molecule has 0 spiro atoms. The number of imidazole rings is 1. The third-order valence-electron chi connectivity index (χ3n) is 3.85. The first-order chi connectivity index (χ1) is 11.2. The van der Waals surface area contributed by atoms with E-state index >= 15 is 0 Å². The fraction of sp³-hybridized carbons (Fsp3) is 0.294. The molecule has 120 valence electrons. The standard InChI is InChI=1S/C17H19N3O2S/c1-11-8-18-14(12(2)16(11)22-3)9-23-17-19-13-6-4-5-7-15(13)20(17)10-21/h4-8,21H,9-10H2,1-3H3. The van der Waals surface area contributed by atoms with E-state index in [0.717, 1.165) is 38.8 Å². The molecule has 0 atom stereocenters. The predicted molar refractivity (Wildman–Crippen MR) is 91.8 cm³/mol. The van der Waals surface area contributed by atoms with Gasteiger partial charge in [-0.15, -0.1) is 0 Å². The summed E-state index contributed by atoms with van der Waals surface area (Å²) in [4.78, 5) is 9.11. The third-order valence-corrected chi connectivity index (χ3v) is 4.84. The van der Waals surface area contributed by atoms with Gasteiger partial charge in [0.15, 0.2) is 5.16 Å². The van der Waals surface area contributed by atoms with Gasteiger partial charge in [-0.3, -0.25) is 9.55 Å². The van der Waals surface area contributed by atoms with Crippen LogP contribution in [0.3, 0.4) is 0 Å². The Morgan fingerprint density at radius 3 is 2.78 bits per heavy atom. The number of ether oxygens (including phenoxy) is 1. The molecule has 0 aliphatic carbocycles. The van der Waals surface area contributed by atoms with Gasteiger partial charge < -0.3 is 9.84 Å². The minimum absolute atomic E-state index is 0.0908. The van der Waals surface area contributed by atoms with Crippen LogP contribution in [0, 0.1) is 13.8 Å². The lowest BCUT2D eigenvalue weighted by Gasteiger charge is -2.12. The molecule has 3 rings (SSSR count). The molecule has 1 N–H and O–H groups in total. The highest BCUT2D eigenvalue weighted by Gasteiger charge is 2.13. The molecule has 0 aliphatic rings. The van der Waals surface area contributed by atoms with Gasteiger partial charge in [-0.05, 0) is 26.0 Å². The quantitative estimate of drug-likeness (QED) is 0.728. The van der Waals surface area contributed by atoms with Crippen molar-refractivity contribution in [2.75, 3.05) is 7.11 Å². The Balaban J connectivity index is 1.89. The SMILES string of the molecule is COc1c(C)cnc(CSc2nc3ccccc3n2CO)c1C. The van der Waals surface area contributed by atoms with Gasteiger partial charge in [-0.25, -0.2) is 4.98 Å². The van der Waals surface area contributed by atoms with Gasteiger partial charge in [-0.1, -0.05) is 23.9 Å². The number of aliphatic hydroxyl groups excluding tert-OH is 1. The maximum Gasteiger partial charge on any atom is 0.171 e. The zero-order chi connectivity index (χ0) is 16.4. The summed E-state index contributed by atoms with van der Waals surface area (Å²) in [5.41, 5.74) is 4.86. The maximum atomic E-state index is 9.65. The second-order valence-corrected chi connectivity index (χ2v) is 6.23. The van der Waals surface area contributed by atoms with Crippen molar-refractivity contribution in [1.82, 2.24) is 14.5 Å². The Labute approximate surface area is 139 Å². The number of aryl methyl sites for hydroxylation is 1. The van der Waals surface area contributed by atoms with E-state index in [1.165, 1.54) is 0 Å². The average Bonchev–Trinajstić information content (AvgIpc) is 2.92. The lowest BCUT2D eigenvalue weighted by molar-refractivity contribution is 0.205. The summed E-state index contributed by atoms with van der Waals surface area (Å²) >= 11 is 1.56. The third kappa shape index (κ3) is 2.92. The van der Waals surface area contributed by atoms with Crippen LogP contribution in [-0.4, -0.2) is 26.8 Å². The summed E-state index contributed by atoms with van der Waals surface area (Å²) in [5.74, 6) is 1.55. The van der Waals surface area contributed by atoms with Crippen LogP contribution in [0.4, 0.5) is 0 Å². The molecule has 0 fully saturated rings. The van der Waals surface area contributed by atoms with Gasteiger partial charge in [0, 0.05) is 23.1 Å². The Kier molecular flexibility index (Phi) is 4.54. The highest BCUT2D eigenvalue weighted by molar-refractivity contribution is 7.98. The molecule has 6 heteroatoms. The Bertz CT molecular complexity index is 845. The van der Waals surface area contributed by atoms with Gasteiger partial charge in [0.2, 0.25) is 0 Å². The first kappa shape index (κ1) is 15.8. The predicted octanol–water partition coefficient (Wildman–Crippen LogP) is 3.30. The number of nitrogens with zero attached hydrogens (tertiary/aromatic N) is 3. The molecule has 0 radical (unpaired) electrons. The largest absolute Gasteiger partial charge is 0.496 e.